The first-order chi connectivity index (χ1) is 9.97. The molecule has 0 spiro atoms. The Labute approximate surface area is 122 Å². The van der Waals surface area contributed by atoms with Gasteiger partial charge in [0.05, 0.1) is 5.92 Å². The van der Waals surface area contributed by atoms with Crippen LogP contribution in [0.1, 0.15) is 34.3 Å². The quantitative estimate of drug-likeness (QED) is 0.828. The summed E-state index contributed by atoms with van der Waals surface area (Å²) < 4.78 is 0. The zero-order chi connectivity index (χ0) is 15.4. The van der Waals surface area contributed by atoms with Crippen molar-refractivity contribution < 1.29 is 19.8 Å². The number of ketones is 1. The van der Waals surface area contributed by atoms with Gasteiger partial charge in [0.25, 0.3) is 0 Å². The van der Waals surface area contributed by atoms with Crippen LogP contribution in [0, 0.1) is 0 Å². The summed E-state index contributed by atoms with van der Waals surface area (Å²) in [7, 11) is 0. The second kappa shape index (κ2) is 6.22. The zero-order valence-electron chi connectivity index (χ0n) is 11.6. The van der Waals surface area contributed by atoms with Gasteiger partial charge in [0.15, 0.2) is 5.78 Å². The normalized spacial score (nSPS) is 11.9. The van der Waals surface area contributed by atoms with E-state index in [1.807, 2.05) is 0 Å². The van der Waals surface area contributed by atoms with Crippen LogP contribution in [-0.2, 0) is 11.2 Å². The molecule has 0 aliphatic carbocycles. The number of phenols is 1. The second-order valence-electron chi connectivity index (χ2n) is 4.94. The largest absolute Gasteiger partial charge is 0.508 e. The molecule has 1 unspecified atom stereocenters. The second-order valence-corrected chi connectivity index (χ2v) is 4.94. The minimum Gasteiger partial charge on any atom is -0.508 e. The maximum absolute atomic E-state index is 11.4. The molecule has 0 fully saturated rings. The van der Waals surface area contributed by atoms with Crippen molar-refractivity contribution in [1.82, 2.24) is 0 Å². The molecule has 0 heterocycles. The molecule has 0 aliphatic rings. The number of Topliss-reactive ketones (excluding diaryl/α,β-unsaturated/α-hetero) is 1. The van der Waals surface area contributed by atoms with Gasteiger partial charge < -0.3 is 10.2 Å². The van der Waals surface area contributed by atoms with E-state index in [9.17, 15) is 19.8 Å². The van der Waals surface area contributed by atoms with Gasteiger partial charge in [0.1, 0.15) is 5.75 Å². The van der Waals surface area contributed by atoms with Crippen LogP contribution in [0.2, 0.25) is 0 Å². The molecule has 1 atom stereocenters. The first-order valence-corrected chi connectivity index (χ1v) is 6.59. The lowest BCUT2D eigenvalue weighted by Crippen LogP contribution is -2.14. The highest BCUT2D eigenvalue weighted by Gasteiger charge is 2.20. The van der Waals surface area contributed by atoms with E-state index in [0.717, 1.165) is 5.56 Å². The number of hydrogen-bond donors (Lipinski definition) is 2. The molecular formula is C17H16O4. The number of phenolic OH excluding ortho intramolecular Hbond substituents is 1. The highest BCUT2D eigenvalue weighted by Crippen LogP contribution is 2.23. The lowest BCUT2D eigenvalue weighted by Gasteiger charge is -2.13. The van der Waals surface area contributed by atoms with Crippen molar-refractivity contribution in [3.63, 3.8) is 0 Å². The SMILES string of the molecule is CC(=O)c1ccc(CC(C(=O)O)c2ccc(O)cc2)cc1. The van der Waals surface area contributed by atoms with Gasteiger partial charge in [-0.05, 0) is 36.6 Å². The van der Waals surface area contributed by atoms with E-state index in [0.29, 0.717) is 17.5 Å². The number of aromatic hydroxyl groups is 1. The minimum absolute atomic E-state index is 0.0186. The molecule has 108 valence electrons. The lowest BCUT2D eigenvalue weighted by molar-refractivity contribution is -0.138. The van der Waals surface area contributed by atoms with Crippen molar-refractivity contribution >= 4 is 11.8 Å². The van der Waals surface area contributed by atoms with E-state index < -0.39 is 11.9 Å². The third-order valence-corrected chi connectivity index (χ3v) is 3.39. The summed E-state index contributed by atoms with van der Waals surface area (Å²) in [6.45, 7) is 1.49. The van der Waals surface area contributed by atoms with Gasteiger partial charge in [-0.15, -0.1) is 0 Å². The van der Waals surface area contributed by atoms with Crippen LogP contribution < -0.4 is 0 Å². The summed E-state index contributed by atoms with van der Waals surface area (Å²) in [5, 5.41) is 18.7. The third kappa shape index (κ3) is 3.69. The van der Waals surface area contributed by atoms with E-state index in [1.54, 1.807) is 36.4 Å². The molecule has 4 heteroatoms. The van der Waals surface area contributed by atoms with E-state index in [2.05, 4.69) is 0 Å². The van der Waals surface area contributed by atoms with Crippen LogP contribution in [0.4, 0.5) is 0 Å². The Balaban J connectivity index is 2.22. The number of carboxylic acids is 1. The highest BCUT2D eigenvalue weighted by molar-refractivity contribution is 5.94. The molecule has 0 bridgehead atoms. The Morgan fingerprint density at radius 2 is 1.57 bits per heavy atom. The van der Waals surface area contributed by atoms with Crippen LogP contribution in [-0.4, -0.2) is 22.0 Å². The molecule has 21 heavy (non-hydrogen) atoms. The third-order valence-electron chi connectivity index (χ3n) is 3.39. The Hall–Kier alpha value is -2.62. The van der Waals surface area contributed by atoms with Crippen molar-refractivity contribution in [3.05, 3.63) is 65.2 Å². The van der Waals surface area contributed by atoms with E-state index >= 15 is 0 Å². The number of aliphatic carboxylic acids is 1. The van der Waals surface area contributed by atoms with Crippen molar-refractivity contribution in [2.45, 2.75) is 19.3 Å². The molecule has 2 aromatic rings. The van der Waals surface area contributed by atoms with Gasteiger partial charge in [-0.2, -0.15) is 0 Å². The van der Waals surface area contributed by atoms with E-state index in [1.165, 1.54) is 19.1 Å². The zero-order valence-corrected chi connectivity index (χ0v) is 11.6. The van der Waals surface area contributed by atoms with Crippen LogP contribution in [0.15, 0.2) is 48.5 Å². The van der Waals surface area contributed by atoms with Gasteiger partial charge >= 0.3 is 5.97 Å². The fraction of sp³-hybridized carbons (Fsp3) is 0.176. The predicted molar refractivity (Wildman–Crippen MR) is 78.6 cm³/mol. The first kappa shape index (κ1) is 14.8. The highest BCUT2D eigenvalue weighted by atomic mass is 16.4. The van der Waals surface area contributed by atoms with Crippen LogP contribution >= 0.6 is 0 Å². The minimum atomic E-state index is -0.920. The van der Waals surface area contributed by atoms with Crippen LogP contribution in [0.5, 0.6) is 5.75 Å². The van der Waals surface area contributed by atoms with Crippen molar-refractivity contribution in [3.8, 4) is 5.75 Å². The van der Waals surface area contributed by atoms with Crippen LogP contribution in [0.25, 0.3) is 0 Å². The van der Waals surface area contributed by atoms with Gasteiger partial charge in [0.2, 0.25) is 0 Å². The van der Waals surface area contributed by atoms with Gasteiger partial charge in [-0.25, -0.2) is 0 Å². The van der Waals surface area contributed by atoms with Gasteiger partial charge in [0, 0.05) is 5.56 Å². The summed E-state index contributed by atoms with van der Waals surface area (Å²) in [6.07, 6.45) is 0.332. The number of carbonyl (C=O) groups is 2. The Morgan fingerprint density at radius 1 is 1.00 bits per heavy atom. The Morgan fingerprint density at radius 3 is 2.05 bits per heavy atom. The number of carbonyl (C=O) groups excluding carboxylic acids is 1. The summed E-state index contributed by atoms with van der Waals surface area (Å²) in [5.41, 5.74) is 2.09. The molecule has 2 aromatic carbocycles. The van der Waals surface area contributed by atoms with Gasteiger partial charge in [-0.3, -0.25) is 9.59 Å². The van der Waals surface area contributed by atoms with Gasteiger partial charge in [-0.1, -0.05) is 36.4 Å². The number of rotatable bonds is 5. The lowest BCUT2D eigenvalue weighted by atomic mass is 9.91. The van der Waals surface area contributed by atoms with Crippen LogP contribution in [0.3, 0.4) is 0 Å². The summed E-state index contributed by atoms with van der Waals surface area (Å²) in [5.74, 6) is -1.52. The smallest absolute Gasteiger partial charge is 0.311 e. The predicted octanol–water partition coefficient (Wildman–Crippen LogP) is 3.01. The molecule has 0 saturated carbocycles. The molecule has 0 saturated heterocycles. The fourth-order valence-electron chi connectivity index (χ4n) is 2.17. The molecule has 0 amide bonds. The topological polar surface area (TPSA) is 74.6 Å². The van der Waals surface area contributed by atoms with E-state index in [4.69, 9.17) is 0 Å². The van der Waals surface area contributed by atoms with Crippen molar-refractivity contribution in [1.29, 1.82) is 0 Å². The van der Waals surface area contributed by atoms with Crippen molar-refractivity contribution in [2.75, 3.05) is 0 Å². The summed E-state index contributed by atoms with van der Waals surface area (Å²) in [4.78, 5) is 22.7. The van der Waals surface area contributed by atoms with Crippen molar-refractivity contribution in [2.24, 2.45) is 0 Å². The molecule has 0 radical (unpaired) electrons. The molecule has 0 aliphatic heterocycles. The number of benzene rings is 2. The average molecular weight is 284 g/mol. The monoisotopic (exact) mass is 284 g/mol. The number of hydrogen-bond acceptors (Lipinski definition) is 3. The molecule has 2 N–H and O–H groups in total. The maximum atomic E-state index is 11.4. The maximum Gasteiger partial charge on any atom is 0.311 e. The summed E-state index contributed by atoms with van der Waals surface area (Å²) in [6, 6.07) is 13.1. The fourth-order valence-corrected chi connectivity index (χ4v) is 2.17. The Bertz CT molecular complexity index is 641. The Kier molecular flexibility index (Phi) is 4.38. The molecule has 0 aromatic heterocycles. The summed E-state index contributed by atoms with van der Waals surface area (Å²) >= 11 is 0. The number of carboxylic acid groups (broad SMARTS) is 1. The first-order valence-electron chi connectivity index (χ1n) is 6.59. The molecule has 4 nitrogen and oxygen atoms in total. The standard InChI is InChI=1S/C17H16O4/c1-11(18)13-4-2-12(3-5-13)10-16(17(20)21)14-6-8-15(19)9-7-14/h2-9,16,19H,10H2,1H3,(H,20,21). The van der Waals surface area contributed by atoms with E-state index in [-0.39, 0.29) is 11.5 Å². The average Bonchev–Trinajstić information content (AvgIpc) is 2.46. The molecular weight excluding hydrogens is 268 g/mol. The molecule has 2 rings (SSSR count).